The number of benzene rings is 3. The molecule has 11 nitrogen and oxygen atoms in total. The topological polar surface area (TPSA) is 140 Å². The second-order valence-corrected chi connectivity index (χ2v) is 9.33. The predicted molar refractivity (Wildman–Crippen MR) is 151 cm³/mol. The summed E-state index contributed by atoms with van der Waals surface area (Å²) in [6.07, 6.45) is 5.20. The summed E-state index contributed by atoms with van der Waals surface area (Å²) in [5.74, 6) is -0.795. The molecular formula is C28H25ClN8O3. The van der Waals surface area contributed by atoms with Gasteiger partial charge in [0.2, 0.25) is 5.91 Å². The minimum Gasteiger partial charge on any atom is -0.464 e. The Morgan fingerprint density at radius 2 is 1.98 bits per heavy atom. The zero-order valence-corrected chi connectivity index (χ0v) is 22.2. The van der Waals surface area contributed by atoms with Gasteiger partial charge in [0, 0.05) is 34.3 Å². The maximum atomic E-state index is 13.0. The lowest BCUT2D eigenvalue weighted by Gasteiger charge is -2.20. The third kappa shape index (κ3) is 6.33. The summed E-state index contributed by atoms with van der Waals surface area (Å²) in [5, 5.41) is 25.8. The Kier molecular flexibility index (Phi) is 8.12. The van der Waals surface area contributed by atoms with Crippen LogP contribution in [0.25, 0.3) is 22.7 Å². The average molecular weight is 557 g/mol. The molecule has 0 aliphatic carbocycles. The number of halogens is 1. The van der Waals surface area contributed by atoms with Crippen molar-refractivity contribution in [2.24, 2.45) is 0 Å². The number of amides is 1. The fourth-order valence-electron chi connectivity index (χ4n) is 4.24. The maximum Gasteiger partial charge on any atom is 0.359 e. The highest BCUT2D eigenvalue weighted by molar-refractivity contribution is 6.30. The Morgan fingerprint density at radius 3 is 2.75 bits per heavy atom. The van der Waals surface area contributed by atoms with Crippen molar-refractivity contribution in [3.05, 3.63) is 101 Å². The van der Waals surface area contributed by atoms with Gasteiger partial charge in [-0.05, 0) is 64.9 Å². The molecule has 0 bridgehead atoms. The molecule has 0 aliphatic rings. The summed E-state index contributed by atoms with van der Waals surface area (Å²) in [6, 6.07) is 20.4. The van der Waals surface area contributed by atoms with E-state index in [-0.39, 0.29) is 17.6 Å². The Hall–Kier alpha value is -5.03. The highest BCUT2D eigenvalue weighted by Gasteiger charge is 2.16. The van der Waals surface area contributed by atoms with Crippen LogP contribution in [0.2, 0.25) is 5.02 Å². The van der Waals surface area contributed by atoms with E-state index in [2.05, 4.69) is 36.4 Å². The maximum absolute atomic E-state index is 13.0. The molecule has 12 heteroatoms. The number of methoxy groups -OCH3 is 1. The second-order valence-electron chi connectivity index (χ2n) is 8.89. The van der Waals surface area contributed by atoms with Crippen molar-refractivity contribution in [2.45, 2.75) is 12.5 Å². The van der Waals surface area contributed by atoms with Crippen LogP contribution in [0.1, 0.15) is 21.6 Å². The van der Waals surface area contributed by atoms with E-state index < -0.39 is 5.97 Å². The van der Waals surface area contributed by atoms with Crippen LogP contribution in [0.4, 0.5) is 5.69 Å². The number of H-pyrrole nitrogens is 1. The molecule has 202 valence electrons. The quantitative estimate of drug-likeness (QED) is 0.174. The van der Waals surface area contributed by atoms with Crippen molar-refractivity contribution in [1.82, 2.24) is 35.7 Å². The van der Waals surface area contributed by atoms with E-state index in [0.29, 0.717) is 40.1 Å². The molecule has 2 aromatic heterocycles. The first kappa shape index (κ1) is 26.6. The number of aromatic amines is 1. The lowest BCUT2D eigenvalue weighted by atomic mass is 10.1. The molecule has 0 unspecified atom stereocenters. The zero-order valence-electron chi connectivity index (χ0n) is 21.4. The second kappa shape index (κ2) is 12.2. The monoisotopic (exact) mass is 556 g/mol. The van der Waals surface area contributed by atoms with Gasteiger partial charge in [0.25, 0.3) is 0 Å². The first-order valence-electron chi connectivity index (χ1n) is 12.4. The number of aromatic nitrogens is 6. The van der Waals surface area contributed by atoms with E-state index in [1.54, 1.807) is 24.3 Å². The van der Waals surface area contributed by atoms with Crippen molar-refractivity contribution >= 4 is 46.1 Å². The number of nitrogens with zero attached hydrogens (tertiary/aromatic N) is 5. The normalized spacial score (nSPS) is 11.9. The minimum absolute atomic E-state index is 0.211. The lowest BCUT2D eigenvalue weighted by molar-refractivity contribution is -0.117. The molecule has 0 aliphatic heterocycles. The summed E-state index contributed by atoms with van der Waals surface area (Å²) < 4.78 is 6.33. The van der Waals surface area contributed by atoms with Crippen molar-refractivity contribution < 1.29 is 14.3 Å². The van der Waals surface area contributed by atoms with Crippen LogP contribution in [0, 0.1) is 0 Å². The molecule has 0 radical (unpaired) electrons. The van der Waals surface area contributed by atoms with Gasteiger partial charge in [0.05, 0.1) is 24.4 Å². The molecule has 0 fully saturated rings. The van der Waals surface area contributed by atoms with Crippen LogP contribution in [-0.4, -0.2) is 62.0 Å². The number of esters is 1. The van der Waals surface area contributed by atoms with Gasteiger partial charge in [0.15, 0.2) is 5.69 Å². The Labute approximate surface area is 234 Å². The number of hydrogen-bond donors (Lipinski definition) is 3. The number of ether oxygens (including phenoxy) is 1. The third-order valence-corrected chi connectivity index (χ3v) is 6.40. The highest BCUT2D eigenvalue weighted by atomic mass is 35.5. The average Bonchev–Trinajstić information content (AvgIpc) is 3.65. The van der Waals surface area contributed by atoms with Crippen LogP contribution < -0.4 is 10.6 Å². The van der Waals surface area contributed by atoms with E-state index in [1.165, 1.54) is 24.2 Å². The Morgan fingerprint density at radius 1 is 1.12 bits per heavy atom. The van der Waals surface area contributed by atoms with Gasteiger partial charge in [-0.25, -0.2) is 4.79 Å². The highest BCUT2D eigenvalue weighted by Crippen LogP contribution is 2.22. The van der Waals surface area contributed by atoms with E-state index in [4.69, 9.17) is 16.3 Å². The summed E-state index contributed by atoms with van der Waals surface area (Å²) >= 11 is 6.20. The van der Waals surface area contributed by atoms with Crippen molar-refractivity contribution in [3.8, 4) is 5.69 Å². The van der Waals surface area contributed by atoms with E-state index in [9.17, 15) is 9.59 Å². The molecule has 0 saturated heterocycles. The van der Waals surface area contributed by atoms with Crippen LogP contribution in [0.5, 0.6) is 0 Å². The smallest absolute Gasteiger partial charge is 0.359 e. The van der Waals surface area contributed by atoms with Crippen molar-refractivity contribution in [1.29, 1.82) is 0 Å². The first-order chi connectivity index (χ1) is 19.5. The van der Waals surface area contributed by atoms with Gasteiger partial charge >= 0.3 is 5.97 Å². The lowest BCUT2D eigenvalue weighted by Crippen LogP contribution is -2.40. The van der Waals surface area contributed by atoms with Gasteiger partial charge in [-0.2, -0.15) is 9.78 Å². The standard InChI is InChI=1S/C28H25ClN8O3/c1-40-28(39)27-23-15-21(9-10-24(23)33-34-27)30-16-22(13-18-5-3-2-4-6-18)32-26(38)12-7-19-14-20(29)8-11-25(19)37-17-31-35-36-37/h2-12,14-15,17,22,30H,13,16H2,1H3,(H,32,38)(H,33,34)/b12-7+/t22-/m0/s1. The summed E-state index contributed by atoms with van der Waals surface area (Å²) in [5.41, 5.74) is 4.14. The number of rotatable bonds is 10. The van der Waals surface area contributed by atoms with Crippen LogP contribution in [-0.2, 0) is 16.0 Å². The Balaban J connectivity index is 1.32. The van der Waals surface area contributed by atoms with Gasteiger partial charge in [0.1, 0.15) is 6.33 Å². The van der Waals surface area contributed by atoms with Gasteiger partial charge < -0.3 is 15.4 Å². The van der Waals surface area contributed by atoms with Crippen LogP contribution in [0.3, 0.4) is 0 Å². The van der Waals surface area contributed by atoms with Crippen molar-refractivity contribution in [3.63, 3.8) is 0 Å². The SMILES string of the molecule is COC(=O)c1n[nH]c2ccc(NC[C@H](Cc3ccccc3)NC(=O)/C=C/c3cc(Cl)ccc3-n3cnnn3)cc12. The summed E-state index contributed by atoms with van der Waals surface area (Å²) in [4.78, 5) is 25.1. The predicted octanol–water partition coefficient (Wildman–Crippen LogP) is 3.83. The fourth-order valence-corrected chi connectivity index (χ4v) is 4.42. The molecule has 2 heterocycles. The number of fused-ring (bicyclic) bond motifs is 1. The van der Waals surface area contributed by atoms with Crippen LogP contribution >= 0.6 is 11.6 Å². The summed E-state index contributed by atoms with van der Waals surface area (Å²) in [6.45, 7) is 0.429. The van der Waals surface area contributed by atoms with E-state index >= 15 is 0 Å². The zero-order chi connectivity index (χ0) is 27.9. The molecule has 40 heavy (non-hydrogen) atoms. The number of nitrogens with one attached hydrogen (secondary N) is 3. The summed E-state index contributed by atoms with van der Waals surface area (Å²) in [7, 11) is 1.31. The Bertz CT molecular complexity index is 1650. The van der Waals surface area contributed by atoms with E-state index in [0.717, 1.165) is 11.3 Å². The number of carbonyl (C=O) groups excluding carboxylic acids is 2. The van der Waals surface area contributed by atoms with Crippen LogP contribution in [0.15, 0.2) is 79.1 Å². The number of carbonyl (C=O) groups is 2. The van der Waals surface area contributed by atoms with Gasteiger partial charge in [-0.1, -0.05) is 41.9 Å². The fraction of sp³-hybridized carbons (Fsp3) is 0.143. The molecule has 5 rings (SSSR count). The van der Waals surface area contributed by atoms with E-state index in [1.807, 2.05) is 48.5 Å². The largest absolute Gasteiger partial charge is 0.464 e. The van der Waals surface area contributed by atoms with Crippen molar-refractivity contribution in [2.75, 3.05) is 19.0 Å². The van der Waals surface area contributed by atoms with Gasteiger partial charge in [-0.15, -0.1) is 5.10 Å². The minimum atomic E-state index is -0.521. The molecule has 5 aromatic rings. The third-order valence-electron chi connectivity index (χ3n) is 6.17. The number of tetrazole rings is 1. The molecule has 1 atom stereocenters. The molecule has 3 aromatic carbocycles. The molecule has 0 saturated carbocycles. The molecular weight excluding hydrogens is 532 g/mol. The number of hydrogen-bond acceptors (Lipinski definition) is 8. The van der Waals surface area contributed by atoms with Gasteiger partial charge in [-0.3, -0.25) is 9.89 Å². The number of anilines is 1. The molecule has 1 amide bonds. The first-order valence-corrected chi connectivity index (χ1v) is 12.7. The molecule has 3 N–H and O–H groups in total. The molecule has 0 spiro atoms.